The number of ether oxygens (including phenoxy) is 1. The third kappa shape index (κ3) is 8.65. The fourth-order valence-electron chi connectivity index (χ4n) is 0.879. The lowest BCUT2D eigenvalue weighted by molar-refractivity contribution is -0.140. The van der Waals surface area contributed by atoms with Crippen LogP contribution >= 0.6 is 11.6 Å². The summed E-state index contributed by atoms with van der Waals surface area (Å²) in [7, 11) is -1.94. The maximum absolute atomic E-state index is 11.2. The first-order valence-corrected chi connectivity index (χ1v) is 6.80. The molecule has 0 unspecified atom stereocenters. The monoisotopic (exact) mass is 257 g/mol. The van der Waals surface area contributed by atoms with Gasteiger partial charge in [-0.2, -0.15) is 0 Å². The van der Waals surface area contributed by atoms with E-state index in [-0.39, 0.29) is 24.7 Å². The largest absolute Gasteiger partial charge is 0.469 e. The summed E-state index contributed by atoms with van der Waals surface area (Å²) >= 11 is 5.38. The molecule has 0 heterocycles. The second-order valence-corrected chi connectivity index (χ2v) is 5.24. The summed E-state index contributed by atoms with van der Waals surface area (Å²) in [6, 6.07) is 0. The highest BCUT2D eigenvalue weighted by Gasteiger charge is 2.08. The van der Waals surface area contributed by atoms with E-state index in [4.69, 9.17) is 11.6 Å². The maximum atomic E-state index is 11.2. The number of hydrogen-bond acceptors (Lipinski definition) is 4. The number of nitrogens with one attached hydrogen (secondary N) is 1. The van der Waals surface area contributed by atoms with Gasteiger partial charge >= 0.3 is 5.97 Å². The highest BCUT2D eigenvalue weighted by Crippen LogP contribution is 1.94. The zero-order chi connectivity index (χ0) is 11.7. The summed E-state index contributed by atoms with van der Waals surface area (Å²) in [5.74, 6) is 0.00703. The average molecular weight is 258 g/mol. The third-order valence-electron chi connectivity index (χ3n) is 1.65. The Bertz CT molecular complexity index is 278. The molecule has 1 N–H and O–H groups in total. The molecule has 0 atom stereocenters. The predicted molar refractivity (Wildman–Crippen MR) is 58.4 cm³/mol. The third-order valence-corrected chi connectivity index (χ3v) is 3.39. The topological polar surface area (TPSA) is 72.5 Å². The van der Waals surface area contributed by atoms with Crippen LogP contribution in [-0.4, -0.2) is 39.7 Å². The molecule has 0 fully saturated rings. The number of hydrogen-bond donors (Lipinski definition) is 1. The summed E-state index contributed by atoms with van der Waals surface area (Å²) in [6.45, 7) is 0.250. The molecule has 0 bridgehead atoms. The summed E-state index contributed by atoms with van der Waals surface area (Å²) < 4.78 is 29.2. The zero-order valence-corrected chi connectivity index (χ0v) is 10.2. The van der Waals surface area contributed by atoms with Gasteiger partial charge in [0, 0.05) is 18.8 Å². The molecular formula is C8H16ClNO4S. The van der Waals surface area contributed by atoms with Crippen LogP contribution in [0, 0.1) is 0 Å². The van der Waals surface area contributed by atoms with Gasteiger partial charge in [-0.25, -0.2) is 13.1 Å². The Morgan fingerprint density at radius 2 is 2.07 bits per heavy atom. The Balaban J connectivity index is 3.62. The Labute approximate surface area is 95.2 Å². The van der Waals surface area contributed by atoms with E-state index < -0.39 is 10.0 Å². The van der Waals surface area contributed by atoms with E-state index in [1.807, 2.05) is 0 Å². The Kier molecular flexibility index (Phi) is 7.72. The molecule has 0 aromatic rings. The van der Waals surface area contributed by atoms with E-state index in [0.29, 0.717) is 18.7 Å². The van der Waals surface area contributed by atoms with Gasteiger partial charge in [0.2, 0.25) is 10.0 Å². The fraction of sp³-hybridized carbons (Fsp3) is 0.875. The summed E-state index contributed by atoms with van der Waals surface area (Å²) in [4.78, 5) is 10.7. The van der Waals surface area contributed by atoms with E-state index in [1.165, 1.54) is 7.11 Å². The first-order valence-electron chi connectivity index (χ1n) is 4.62. The lowest BCUT2D eigenvalue weighted by atomic mass is 10.3. The molecule has 15 heavy (non-hydrogen) atoms. The number of esters is 1. The van der Waals surface area contributed by atoms with Crippen LogP contribution in [0.2, 0.25) is 0 Å². The molecule has 0 spiro atoms. The minimum Gasteiger partial charge on any atom is -0.469 e. The molecule has 0 radical (unpaired) electrons. The molecule has 7 heteroatoms. The van der Waals surface area contributed by atoms with Gasteiger partial charge < -0.3 is 4.74 Å². The standard InChI is InChI=1S/C8H16ClNO4S/c1-14-8(11)4-2-6-10-15(12,13)7-3-5-9/h10H,2-7H2,1H3. The molecule has 0 aliphatic carbocycles. The number of alkyl halides is 1. The van der Waals surface area contributed by atoms with Crippen LogP contribution in [0.5, 0.6) is 0 Å². The Hall–Kier alpha value is -0.330. The van der Waals surface area contributed by atoms with Gasteiger partial charge in [0.1, 0.15) is 0 Å². The number of halogens is 1. The van der Waals surface area contributed by atoms with Gasteiger partial charge in [0.25, 0.3) is 0 Å². The number of sulfonamides is 1. The van der Waals surface area contributed by atoms with Gasteiger partial charge in [0.05, 0.1) is 12.9 Å². The molecule has 90 valence electrons. The maximum Gasteiger partial charge on any atom is 0.305 e. The summed E-state index contributed by atoms with van der Waals surface area (Å²) in [6.07, 6.45) is 1.08. The van der Waals surface area contributed by atoms with Crippen molar-refractivity contribution in [3.8, 4) is 0 Å². The van der Waals surface area contributed by atoms with Gasteiger partial charge in [-0.1, -0.05) is 0 Å². The lowest BCUT2D eigenvalue weighted by Gasteiger charge is -2.04. The molecule has 0 aromatic heterocycles. The Morgan fingerprint density at radius 3 is 2.60 bits per heavy atom. The van der Waals surface area contributed by atoms with E-state index >= 15 is 0 Å². The lowest BCUT2D eigenvalue weighted by Crippen LogP contribution is -2.27. The molecule has 0 saturated carbocycles. The van der Waals surface area contributed by atoms with Crippen molar-refractivity contribution in [2.45, 2.75) is 19.3 Å². The van der Waals surface area contributed by atoms with Crippen LogP contribution in [0.1, 0.15) is 19.3 Å². The van der Waals surface area contributed by atoms with E-state index in [0.717, 1.165) is 0 Å². The van der Waals surface area contributed by atoms with Crippen molar-refractivity contribution in [1.29, 1.82) is 0 Å². The fourth-order valence-corrected chi connectivity index (χ4v) is 2.30. The van der Waals surface area contributed by atoms with Crippen molar-refractivity contribution in [1.82, 2.24) is 4.72 Å². The van der Waals surface area contributed by atoms with Crippen molar-refractivity contribution < 1.29 is 17.9 Å². The first-order chi connectivity index (χ1) is 7.02. The molecular weight excluding hydrogens is 242 g/mol. The highest BCUT2D eigenvalue weighted by atomic mass is 35.5. The van der Waals surface area contributed by atoms with Crippen molar-refractivity contribution in [2.24, 2.45) is 0 Å². The number of carbonyl (C=O) groups is 1. The molecule has 0 aliphatic rings. The average Bonchev–Trinajstić information content (AvgIpc) is 2.21. The molecule has 0 rings (SSSR count). The zero-order valence-electron chi connectivity index (χ0n) is 8.66. The Morgan fingerprint density at radius 1 is 1.40 bits per heavy atom. The van der Waals surface area contributed by atoms with Crippen molar-refractivity contribution in [2.75, 3.05) is 25.3 Å². The van der Waals surface area contributed by atoms with Crippen LogP contribution in [0.4, 0.5) is 0 Å². The van der Waals surface area contributed by atoms with Gasteiger partial charge in [0.15, 0.2) is 0 Å². The van der Waals surface area contributed by atoms with Crippen molar-refractivity contribution >= 4 is 27.6 Å². The molecule has 5 nitrogen and oxygen atoms in total. The molecule has 0 amide bonds. The van der Waals surface area contributed by atoms with Crippen LogP contribution in [-0.2, 0) is 19.6 Å². The quantitative estimate of drug-likeness (QED) is 0.390. The van der Waals surface area contributed by atoms with Crippen molar-refractivity contribution in [3.05, 3.63) is 0 Å². The van der Waals surface area contributed by atoms with E-state index in [9.17, 15) is 13.2 Å². The number of rotatable bonds is 8. The van der Waals surface area contributed by atoms with Gasteiger partial charge in [-0.3, -0.25) is 4.79 Å². The number of carbonyl (C=O) groups excluding carboxylic acids is 1. The minimum atomic E-state index is -3.23. The molecule has 0 saturated heterocycles. The van der Waals surface area contributed by atoms with Crippen molar-refractivity contribution in [3.63, 3.8) is 0 Å². The van der Waals surface area contributed by atoms with Gasteiger partial charge in [-0.15, -0.1) is 11.6 Å². The van der Waals surface area contributed by atoms with Gasteiger partial charge in [-0.05, 0) is 12.8 Å². The molecule has 0 aliphatic heterocycles. The van der Waals surface area contributed by atoms with Crippen LogP contribution in [0.3, 0.4) is 0 Å². The summed E-state index contributed by atoms with van der Waals surface area (Å²) in [5.41, 5.74) is 0. The minimum absolute atomic E-state index is 0.0225. The van der Waals surface area contributed by atoms with Crippen LogP contribution in [0.15, 0.2) is 0 Å². The van der Waals surface area contributed by atoms with Crippen LogP contribution in [0.25, 0.3) is 0 Å². The number of methoxy groups -OCH3 is 1. The predicted octanol–water partition coefficient (Wildman–Crippen LogP) is 0.488. The molecule has 0 aromatic carbocycles. The smallest absolute Gasteiger partial charge is 0.305 e. The SMILES string of the molecule is COC(=O)CCCNS(=O)(=O)CCCCl. The van der Waals surface area contributed by atoms with E-state index in [2.05, 4.69) is 9.46 Å². The summed E-state index contributed by atoms with van der Waals surface area (Å²) in [5, 5.41) is 0. The van der Waals surface area contributed by atoms with Crippen LogP contribution < -0.4 is 4.72 Å². The highest BCUT2D eigenvalue weighted by molar-refractivity contribution is 7.89. The normalized spacial score (nSPS) is 11.3. The second-order valence-electron chi connectivity index (χ2n) is 2.94. The first kappa shape index (κ1) is 14.7. The van der Waals surface area contributed by atoms with E-state index in [1.54, 1.807) is 0 Å². The second kappa shape index (κ2) is 7.90.